The highest BCUT2D eigenvalue weighted by molar-refractivity contribution is 7.89. The first-order valence-electron chi connectivity index (χ1n) is 12.4. The van der Waals surface area contributed by atoms with E-state index in [1.54, 1.807) is 24.3 Å². The zero-order valence-electron chi connectivity index (χ0n) is 21.0. The van der Waals surface area contributed by atoms with Crippen molar-refractivity contribution in [3.8, 4) is 16.9 Å². The molecule has 0 saturated carbocycles. The van der Waals surface area contributed by atoms with Crippen LogP contribution in [-0.4, -0.2) is 17.3 Å². The van der Waals surface area contributed by atoms with Crippen molar-refractivity contribution in [3.05, 3.63) is 143 Å². The summed E-state index contributed by atoms with van der Waals surface area (Å²) < 4.78 is 35.8. The molecule has 5 aromatic rings. The van der Waals surface area contributed by atoms with Gasteiger partial charge in [0.1, 0.15) is 6.26 Å². The normalized spacial score (nSPS) is 11.6. The molecule has 0 spiro atoms. The zero-order chi connectivity index (χ0) is 26.5. The van der Waals surface area contributed by atoms with Gasteiger partial charge in [-0.2, -0.15) is 4.31 Å². The summed E-state index contributed by atoms with van der Waals surface area (Å²) in [7, 11) is -3.82. The van der Waals surface area contributed by atoms with Gasteiger partial charge in [0, 0.05) is 18.7 Å². The Kier molecular flexibility index (Phi) is 7.40. The van der Waals surface area contributed by atoms with Crippen molar-refractivity contribution in [2.45, 2.75) is 31.3 Å². The Labute approximate surface area is 222 Å². The maximum absolute atomic E-state index is 13.8. The van der Waals surface area contributed by atoms with Crippen LogP contribution in [-0.2, 0) is 29.5 Å². The highest BCUT2D eigenvalue weighted by atomic mass is 32.2. The van der Waals surface area contributed by atoms with Crippen LogP contribution in [0.15, 0.2) is 130 Å². The van der Waals surface area contributed by atoms with Crippen LogP contribution in [0.1, 0.15) is 23.6 Å². The largest absolute Gasteiger partial charge is 0.424 e. The van der Waals surface area contributed by atoms with Gasteiger partial charge in [-0.05, 0) is 47.4 Å². The van der Waals surface area contributed by atoms with Crippen molar-refractivity contribution in [1.29, 1.82) is 0 Å². The molecule has 6 nitrogen and oxygen atoms in total. The van der Waals surface area contributed by atoms with Crippen LogP contribution in [0.5, 0.6) is 0 Å². The first kappa shape index (κ1) is 25.4. The van der Waals surface area contributed by atoms with Crippen molar-refractivity contribution in [1.82, 2.24) is 8.87 Å². The van der Waals surface area contributed by atoms with E-state index in [9.17, 15) is 13.2 Å². The van der Waals surface area contributed by atoms with Crippen molar-refractivity contribution in [2.24, 2.45) is 0 Å². The van der Waals surface area contributed by atoms with Gasteiger partial charge in [0.25, 0.3) is 0 Å². The second kappa shape index (κ2) is 11.0. The van der Waals surface area contributed by atoms with E-state index >= 15 is 0 Å². The number of hydrogen-bond acceptors (Lipinski definition) is 4. The van der Waals surface area contributed by atoms with Crippen LogP contribution < -0.4 is 5.76 Å². The average Bonchev–Trinajstić information content (AvgIpc) is 3.35. The van der Waals surface area contributed by atoms with Crippen LogP contribution in [0.4, 0.5) is 0 Å². The van der Waals surface area contributed by atoms with Gasteiger partial charge in [-0.3, -0.25) is 0 Å². The highest BCUT2D eigenvalue weighted by Crippen LogP contribution is 2.26. The summed E-state index contributed by atoms with van der Waals surface area (Å²) in [4.78, 5) is 12.7. The number of aromatic nitrogens is 1. The third-order valence-corrected chi connectivity index (χ3v) is 8.29. The van der Waals surface area contributed by atoms with Gasteiger partial charge in [0.2, 0.25) is 10.0 Å². The minimum Gasteiger partial charge on any atom is -0.415 e. The molecule has 7 heteroatoms. The van der Waals surface area contributed by atoms with Gasteiger partial charge >= 0.3 is 5.76 Å². The molecule has 0 radical (unpaired) electrons. The van der Waals surface area contributed by atoms with Crippen LogP contribution in [0.25, 0.3) is 16.9 Å². The summed E-state index contributed by atoms with van der Waals surface area (Å²) in [5.41, 5.74) is 4.88. The number of aryl methyl sites for hydroxylation is 1. The van der Waals surface area contributed by atoms with Gasteiger partial charge in [-0.25, -0.2) is 17.8 Å². The minimum atomic E-state index is -3.82. The Morgan fingerprint density at radius 3 is 1.79 bits per heavy atom. The third kappa shape index (κ3) is 5.39. The molecule has 0 N–H and O–H groups in total. The second-order valence-electron chi connectivity index (χ2n) is 9.01. The molecule has 0 aliphatic carbocycles. The molecule has 0 aliphatic rings. The van der Waals surface area contributed by atoms with Crippen molar-refractivity contribution in [2.75, 3.05) is 0 Å². The molecule has 0 atom stereocenters. The number of oxazole rings is 1. The molecule has 0 fully saturated rings. The van der Waals surface area contributed by atoms with Crippen molar-refractivity contribution < 1.29 is 12.8 Å². The number of sulfonamides is 1. The Hall–Kier alpha value is -4.20. The summed E-state index contributed by atoms with van der Waals surface area (Å²) >= 11 is 0. The topological polar surface area (TPSA) is 72.5 Å². The molecular weight excluding hydrogens is 496 g/mol. The van der Waals surface area contributed by atoms with Gasteiger partial charge in [0.05, 0.1) is 16.3 Å². The summed E-state index contributed by atoms with van der Waals surface area (Å²) in [6.07, 6.45) is 2.30. The van der Waals surface area contributed by atoms with Gasteiger partial charge < -0.3 is 4.42 Å². The fourth-order valence-corrected chi connectivity index (χ4v) is 5.80. The van der Waals surface area contributed by atoms with Crippen molar-refractivity contribution >= 4 is 10.0 Å². The van der Waals surface area contributed by atoms with Crippen LogP contribution in [0.3, 0.4) is 0 Å². The summed E-state index contributed by atoms with van der Waals surface area (Å²) in [6, 6.07) is 33.4. The van der Waals surface area contributed by atoms with E-state index < -0.39 is 15.8 Å². The number of benzene rings is 4. The molecule has 192 valence electrons. The van der Waals surface area contributed by atoms with Gasteiger partial charge in [-0.1, -0.05) is 91.9 Å². The lowest BCUT2D eigenvalue weighted by Crippen LogP contribution is -2.30. The summed E-state index contributed by atoms with van der Waals surface area (Å²) in [5, 5.41) is 0. The van der Waals surface area contributed by atoms with E-state index in [0.717, 1.165) is 23.1 Å². The summed E-state index contributed by atoms with van der Waals surface area (Å²) in [5.74, 6) is -0.502. The Bertz CT molecular complexity index is 1610. The molecule has 0 saturated heterocycles. The van der Waals surface area contributed by atoms with Crippen LogP contribution >= 0.6 is 0 Å². The molecular formula is C31H28N2O4S. The standard InChI is InChI=1S/C31H28N2O4S/c1-2-24-13-17-28(18-14-24)33-30(23-37-31(33)34)27-15-19-29(20-16-27)38(35,36)32(21-25-9-5-3-6-10-25)22-26-11-7-4-8-12-26/h3-20,23H,2,21-22H2,1H3. The maximum atomic E-state index is 13.8. The molecule has 1 heterocycles. The Balaban J connectivity index is 1.47. The van der Waals surface area contributed by atoms with Crippen molar-refractivity contribution in [3.63, 3.8) is 0 Å². The fraction of sp³-hybridized carbons (Fsp3) is 0.129. The monoisotopic (exact) mass is 524 g/mol. The third-order valence-electron chi connectivity index (χ3n) is 6.49. The SMILES string of the molecule is CCc1ccc(-n2c(-c3ccc(S(=O)(=O)N(Cc4ccccc4)Cc4ccccc4)cc3)coc2=O)cc1. The lowest BCUT2D eigenvalue weighted by Gasteiger charge is -2.23. The van der Waals surface area contributed by atoms with Crippen LogP contribution in [0.2, 0.25) is 0 Å². The van der Waals surface area contributed by atoms with Crippen LogP contribution in [0, 0.1) is 0 Å². The summed E-state index contributed by atoms with van der Waals surface area (Å²) in [6.45, 7) is 2.56. The van der Waals surface area contributed by atoms with Gasteiger partial charge in [0.15, 0.2) is 0 Å². The number of rotatable bonds is 9. The van der Waals surface area contributed by atoms with E-state index in [4.69, 9.17) is 4.42 Å². The minimum absolute atomic E-state index is 0.179. The molecule has 38 heavy (non-hydrogen) atoms. The first-order chi connectivity index (χ1) is 18.5. The van der Waals surface area contributed by atoms with E-state index in [1.165, 1.54) is 15.1 Å². The molecule has 1 aromatic heterocycles. The lowest BCUT2D eigenvalue weighted by atomic mass is 10.1. The Morgan fingerprint density at radius 1 is 0.711 bits per heavy atom. The fourth-order valence-electron chi connectivity index (χ4n) is 4.38. The average molecular weight is 525 g/mol. The quantitative estimate of drug-likeness (QED) is 0.235. The first-order valence-corrected chi connectivity index (χ1v) is 13.9. The molecule has 0 unspecified atom stereocenters. The molecule has 0 aliphatic heterocycles. The van der Waals surface area contributed by atoms with E-state index in [1.807, 2.05) is 84.9 Å². The highest BCUT2D eigenvalue weighted by Gasteiger charge is 2.25. The smallest absolute Gasteiger partial charge is 0.415 e. The molecule has 4 aromatic carbocycles. The molecule has 0 amide bonds. The van der Waals surface area contributed by atoms with Gasteiger partial charge in [-0.15, -0.1) is 0 Å². The predicted octanol–water partition coefficient (Wildman–Crippen LogP) is 6.05. The predicted molar refractivity (Wildman–Crippen MR) is 148 cm³/mol. The van der Waals surface area contributed by atoms with E-state index in [2.05, 4.69) is 6.92 Å². The maximum Gasteiger partial charge on any atom is 0.424 e. The Morgan fingerprint density at radius 2 is 1.26 bits per heavy atom. The number of hydrogen-bond donors (Lipinski definition) is 0. The van der Waals surface area contributed by atoms with E-state index in [-0.39, 0.29) is 18.0 Å². The lowest BCUT2D eigenvalue weighted by molar-refractivity contribution is 0.401. The zero-order valence-corrected chi connectivity index (χ0v) is 21.8. The number of nitrogens with zero attached hydrogens (tertiary/aromatic N) is 2. The molecule has 0 bridgehead atoms. The molecule has 5 rings (SSSR count). The second-order valence-corrected chi connectivity index (χ2v) is 10.9. The van der Waals surface area contributed by atoms with E-state index in [0.29, 0.717) is 16.9 Å².